The summed E-state index contributed by atoms with van der Waals surface area (Å²) in [5, 5.41) is 0.638. The number of sulfonamides is 1. The van der Waals surface area contributed by atoms with Crippen LogP contribution in [0, 0.1) is 0 Å². The number of hydrogen-bond acceptors (Lipinski definition) is 4. The molecule has 1 fully saturated rings. The smallest absolute Gasteiger partial charge is 0.345 e. The van der Waals surface area contributed by atoms with Crippen molar-refractivity contribution in [1.29, 1.82) is 0 Å². The van der Waals surface area contributed by atoms with E-state index in [-0.39, 0.29) is 15.5 Å². The molecule has 0 amide bonds. The topological polar surface area (TPSA) is 63.7 Å². The number of nitrogens with zero attached hydrogens (tertiary/aromatic N) is 1. The van der Waals surface area contributed by atoms with Crippen LogP contribution >= 0.6 is 23.2 Å². The zero-order valence-corrected chi connectivity index (χ0v) is 16.1. The number of carbonyl (C=O) groups excluding carboxylic acids is 1. The Labute approximate surface area is 162 Å². The van der Waals surface area contributed by atoms with Gasteiger partial charge in [0.2, 0.25) is 10.0 Å². The highest BCUT2D eigenvalue weighted by Crippen LogP contribution is 2.26. The molecule has 0 aromatic heterocycles. The van der Waals surface area contributed by atoms with Crippen LogP contribution < -0.4 is 4.74 Å². The van der Waals surface area contributed by atoms with Gasteiger partial charge < -0.3 is 4.74 Å². The number of ether oxygens (including phenoxy) is 1. The highest BCUT2D eigenvalue weighted by Gasteiger charge is 2.27. The molecule has 0 bridgehead atoms. The van der Waals surface area contributed by atoms with Gasteiger partial charge in [0.05, 0.1) is 15.5 Å². The summed E-state index contributed by atoms with van der Waals surface area (Å²) in [6.07, 6.45) is 2.68. The van der Waals surface area contributed by atoms with Crippen molar-refractivity contribution >= 4 is 39.2 Å². The molecule has 1 saturated heterocycles. The third kappa shape index (κ3) is 4.20. The highest BCUT2D eigenvalue weighted by atomic mass is 35.5. The van der Waals surface area contributed by atoms with Crippen LogP contribution in [0.15, 0.2) is 47.4 Å². The molecule has 0 atom stereocenters. The van der Waals surface area contributed by atoms with Crippen LogP contribution in [-0.4, -0.2) is 31.8 Å². The fraction of sp³-hybridized carbons (Fsp3) is 0.278. The average Bonchev–Trinajstić information content (AvgIpc) is 2.64. The van der Waals surface area contributed by atoms with Crippen molar-refractivity contribution in [2.75, 3.05) is 13.1 Å². The first-order valence-corrected chi connectivity index (χ1v) is 10.3. The Morgan fingerprint density at radius 1 is 0.962 bits per heavy atom. The van der Waals surface area contributed by atoms with E-state index in [0.29, 0.717) is 23.9 Å². The summed E-state index contributed by atoms with van der Waals surface area (Å²) in [4.78, 5) is 12.5. The number of piperidine rings is 1. The molecule has 0 aliphatic carbocycles. The highest BCUT2D eigenvalue weighted by molar-refractivity contribution is 7.89. The van der Waals surface area contributed by atoms with Crippen LogP contribution in [0.2, 0.25) is 10.0 Å². The lowest BCUT2D eigenvalue weighted by Crippen LogP contribution is -2.35. The van der Waals surface area contributed by atoms with Gasteiger partial charge in [-0.15, -0.1) is 0 Å². The maximum Gasteiger partial charge on any atom is 0.345 e. The Bertz CT molecular complexity index is 907. The number of benzene rings is 2. The van der Waals surface area contributed by atoms with Crippen LogP contribution in [-0.2, 0) is 10.0 Å². The van der Waals surface area contributed by atoms with Crippen LogP contribution in [0.3, 0.4) is 0 Å². The van der Waals surface area contributed by atoms with Gasteiger partial charge in [0, 0.05) is 18.1 Å². The Kier molecular flexibility index (Phi) is 5.87. The van der Waals surface area contributed by atoms with E-state index in [1.54, 1.807) is 24.3 Å². The molecule has 8 heteroatoms. The molecule has 0 spiro atoms. The number of hydrogen-bond donors (Lipinski definition) is 0. The van der Waals surface area contributed by atoms with Crippen molar-refractivity contribution in [2.45, 2.75) is 24.2 Å². The van der Waals surface area contributed by atoms with Crippen LogP contribution in [0.4, 0.5) is 0 Å². The van der Waals surface area contributed by atoms with Crippen LogP contribution in [0.5, 0.6) is 5.75 Å². The summed E-state index contributed by atoms with van der Waals surface area (Å²) < 4.78 is 32.3. The molecule has 0 saturated carbocycles. The van der Waals surface area contributed by atoms with Gasteiger partial charge in [0.15, 0.2) is 0 Å². The molecular weight excluding hydrogens is 397 g/mol. The summed E-state index contributed by atoms with van der Waals surface area (Å²) in [5.74, 6) is -0.437. The molecule has 3 rings (SSSR count). The fourth-order valence-corrected chi connectivity index (χ4v) is 4.60. The first-order valence-electron chi connectivity index (χ1n) is 8.15. The normalized spacial score (nSPS) is 15.6. The summed E-state index contributed by atoms with van der Waals surface area (Å²) in [5.41, 5.74) is -0.000277. The van der Waals surface area contributed by atoms with E-state index in [1.807, 2.05) is 0 Å². The third-order valence-corrected chi connectivity index (χ3v) is 6.61. The first kappa shape index (κ1) is 19.2. The average molecular weight is 414 g/mol. The van der Waals surface area contributed by atoms with Gasteiger partial charge in [-0.3, -0.25) is 0 Å². The Hall–Kier alpha value is -1.60. The molecule has 1 heterocycles. The molecule has 2 aromatic rings. The monoisotopic (exact) mass is 413 g/mol. The second kappa shape index (κ2) is 7.96. The minimum absolute atomic E-state index is 0.000277. The third-order valence-electron chi connectivity index (χ3n) is 4.13. The summed E-state index contributed by atoms with van der Waals surface area (Å²) in [6, 6.07) is 10.3. The quantitative estimate of drug-likeness (QED) is 0.550. The fourth-order valence-electron chi connectivity index (χ4n) is 2.74. The Morgan fingerprint density at radius 2 is 1.62 bits per heavy atom. The van der Waals surface area contributed by atoms with Crippen molar-refractivity contribution in [3.8, 4) is 5.75 Å². The largest absolute Gasteiger partial charge is 0.423 e. The lowest BCUT2D eigenvalue weighted by atomic mass is 10.2. The second-order valence-electron chi connectivity index (χ2n) is 5.95. The van der Waals surface area contributed by atoms with E-state index in [1.165, 1.54) is 22.5 Å². The number of halogens is 2. The van der Waals surface area contributed by atoms with Gasteiger partial charge in [0.25, 0.3) is 0 Å². The van der Waals surface area contributed by atoms with Crippen molar-refractivity contribution in [3.63, 3.8) is 0 Å². The number of rotatable bonds is 4. The molecule has 138 valence electrons. The van der Waals surface area contributed by atoms with Crippen LogP contribution in [0.1, 0.15) is 29.6 Å². The minimum atomic E-state index is -3.66. The van der Waals surface area contributed by atoms with Gasteiger partial charge in [-0.2, -0.15) is 4.31 Å². The second-order valence-corrected chi connectivity index (χ2v) is 8.73. The zero-order chi connectivity index (χ0) is 18.7. The van der Waals surface area contributed by atoms with Gasteiger partial charge in [-0.1, -0.05) is 29.6 Å². The van der Waals surface area contributed by atoms with Crippen molar-refractivity contribution in [3.05, 3.63) is 58.1 Å². The number of carbonyl (C=O) groups is 1. The van der Waals surface area contributed by atoms with E-state index in [4.69, 9.17) is 27.9 Å². The van der Waals surface area contributed by atoms with E-state index >= 15 is 0 Å². The van der Waals surface area contributed by atoms with Gasteiger partial charge in [-0.05, 0) is 55.3 Å². The van der Waals surface area contributed by atoms with E-state index in [0.717, 1.165) is 19.3 Å². The van der Waals surface area contributed by atoms with E-state index in [2.05, 4.69) is 0 Å². The molecule has 5 nitrogen and oxygen atoms in total. The SMILES string of the molecule is O=C(Oc1ccc(Cl)cc1)c1cc(S(=O)(=O)N2CCCCC2)ccc1Cl. The Morgan fingerprint density at radius 3 is 2.27 bits per heavy atom. The lowest BCUT2D eigenvalue weighted by Gasteiger charge is -2.26. The predicted octanol–water partition coefficient (Wildman–Crippen LogP) is 4.39. The zero-order valence-electron chi connectivity index (χ0n) is 13.8. The van der Waals surface area contributed by atoms with Gasteiger partial charge >= 0.3 is 5.97 Å². The lowest BCUT2D eigenvalue weighted by molar-refractivity contribution is 0.0734. The number of esters is 1. The maximum atomic E-state index is 12.8. The predicted molar refractivity (Wildman–Crippen MR) is 100 cm³/mol. The van der Waals surface area contributed by atoms with Gasteiger partial charge in [-0.25, -0.2) is 13.2 Å². The van der Waals surface area contributed by atoms with E-state index < -0.39 is 16.0 Å². The summed E-state index contributed by atoms with van der Waals surface area (Å²) in [6.45, 7) is 0.963. The van der Waals surface area contributed by atoms with E-state index in [9.17, 15) is 13.2 Å². The van der Waals surface area contributed by atoms with Gasteiger partial charge in [0.1, 0.15) is 5.75 Å². The maximum absolute atomic E-state index is 12.8. The first-order chi connectivity index (χ1) is 12.4. The van der Waals surface area contributed by atoms with Crippen LogP contribution in [0.25, 0.3) is 0 Å². The van der Waals surface area contributed by atoms with Crippen molar-refractivity contribution in [2.24, 2.45) is 0 Å². The summed E-state index contributed by atoms with van der Waals surface area (Å²) >= 11 is 11.9. The molecular formula is C18H17Cl2NO4S. The van der Waals surface area contributed by atoms with Crippen molar-refractivity contribution in [1.82, 2.24) is 4.31 Å². The summed E-state index contributed by atoms with van der Waals surface area (Å²) in [7, 11) is -3.66. The molecule has 26 heavy (non-hydrogen) atoms. The molecule has 0 unspecified atom stereocenters. The van der Waals surface area contributed by atoms with Crippen molar-refractivity contribution < 1.29 is 17.9 Å². The molecule has 1 aliphatic rings. The molecule has 2 aromatic carbocycles. The standard InChI is InChI=1S/C18H17Cl2NO4S/c19-13-4-6-14(7-5-13)25-18(22)16-12-15(8-9-17(16)20)26(23,24)21-10-2-1-3-11-21/h4-9,12H,1-3,10-11H2. The Balaban J connectivity index is 1.87. The molecule has 0 radical (unpaired) electrons. The molecule has 0 N–H and O–H groups in total. The molecule has 1 aliphatic heterocycles. The minimum Gasteiger partial charge on any atom is -0.423 e.